The lowest BCUT2D eigenvalue weighted by Gasteiger charge is -2.56. The Balaban J connectivity index is 1.73. The van der Waals surface area contributed by atoms with Crippen LogP contribution in [0.2, 0.25) is 0 Å². The predicted octanol–water partition coefficient (Wildman–Crippen LogP) is 3.05. The molecule has 2 aliphatic carbocycles. The Bertz CT molecular complexity index is 593. The van der Waals surface area contributed by atoms with Crippen molar-refractivity contribution in [3.63, 3.8) is 0 Å². The summed E-state index contributed by atoms with van der Waals surface area (Å²) in [6, 6.07) is 7.44. The summed E-state index contributed by atoms with van der Waals surface area (Å²) in [5.74, 6) is 0.0885. The van der Waals surface area contributed by atoms with E-state index in [4.69, 9.17) is 5.11 Å². The molecule has 1 heterocycles. The van der Waals surface area contributed by atoms with Crippen LogP contribution in [-0.2, 0) is 23.1 Å². The van der Waals surface area contributed by atoms with Crippen molar-refractivity contribution in [3.8, 4) is 0 Å². The van der Waals surface area contributed by atoms with Crippen molar-refractivity contribution in [2.24, 2.45) is 5.92 Å². The maximum atomic E-state index is 10.9. The van der Waals surface area contributed by atoms with Gasteiger partial charge in [0.15, 0.2) is 0 Å². The van der Waals surface area contributed by atoms with Crippen molar-refractivity contribution in [2.75, 3.05) is 6.54 Å². The van der Waals surface area contributed by atoms with Gasteiger partial charge >= 0.3 is 5.97 Å². The van der Waals surface area contributed by atoms with Crippen molar-refractivity contribution >= 4 is 5.97 Å². The van der Waals surface area contributed by atoms with Crippen molar-refractivity contribution < 1.29 is 9.90 Å². The van der Waals surface area contributed by atoms with Gasteiger partial charge in [-0.2, -0.15) is 0 Å². The first-order chi connectivity index (χ1) is 10.7. The third-order valence-corrected chi connectivity index (χ3v) is 6.34. The molecule has 1 aromatic carbocycles. The number of carboxylic acids is 1. The topological polar surface area (TPSA) is 49.3 Å². The number of rotatable bonds is 3. The Morgan fingerprint density at radius 1 is 1.32 bits per heavy atom. The van der Waals surface area contributed by atoms with Crippen LogP contribution in [-0.4, -0.2) is 23.7 Å². The minimum absolute atomic E-state index is 0.236. The molecule has 3 nitrogen and oxygen atoms in total. The zero-order valence-electron chi connectivity index (χ0n) is 13.1. The monoisotopic (exact) mass is 299 g/mol. The molecule has 0 unspecified atom stereocenters. The van der Waals surface area contributed by atoms with Gasteiger partial charge in [-0.15, -0.1) is 0 Å². The maximum Gasteiger partial charge on any atom is 0.303 e. The fraction of sp³-hybridized carbons (Fsp3) is 0.632. The molecule has 0 spiro atoms. The summed E-state index contributed by atoms with van der Waals surface area (Å²) in [7, 11) is 0. The lowest BCUT2D eigenvalue weighted by Crippen LogP contribution is -2.59. The Kier molecular flexibility index (Phi) is 3.48. The highest BCUT2D eigenvalue weighted by atomic mass is 16.4. The number of carboxylic acid groups (broad SMARTS) is 1. The first-order valence-corrected chi connectivity index (χ1v) is 8.76. The average Bonchev–Trinajstić information content (AvgIpc) is 2.53. The summed E-state index contributed by atoms with van der Waals surface area (Å²) in [5, 5.41) is 12.7. The molecule has 2 fully saturated rings. The summed E-state index contributed by atoms with van der Waals surface area (Å²) in [4.78, 5) is 10.9. The van der Waals surface area contributed by atoms with E-state index in [0.717, 1.165) is 18.9 Å². The van der Waals surface area contributed by atoms with Gasteiger partial charge in [-0.25, -0.2) is 0 Å². The molecule has 118 valence electrons. The van der Waals surface area contributed by atoms with Crippen LogP contribution >= 0.6 is 0 Å². The fourth-order valence-corrected chi connectivity index (χ4v) is 5.38. The molecule has 0 amide bonds. The zero-order chi connectivity index (χ0) is 15.2. The van der Waals surface area contributed by atoms with Gasteiger partial charge in [-0.3, -0.25) is 4.79 Å². The summed E-state index contributed by atoms with van der Waals surface area (Å²) < 4.78 is 0. The Labute approximate surface area is 132 Å². The predicted molar refractivity (Wildman–Crippen MR) is 86.1 cm³/mol. The van der Waals surface area contributed by atoms with E-state index in [9.17, 15) is 4.79 Å². The van der Waals surface area contributed by atoms with Crippen LogP contribution in [0.25, 0.3) is 0 Å². The third kappa shape index (κ3) is 2.18. The van der Waals surface area contributed by atoms with Gasteiger partial charge in [0.05, 0.1) is 0 Å². The molecule has 22 heavy (non-hydrogen) atoms. The van der Waals surface area contributed by atoms with E-state index in [0.29, 0.717) is 17.9 Å². The minimum atomic E-state index is -0.701. The zero-order valence-corrected chi connectivity index (χ0v) is 13.1. The molecule has 3 atom stereocenters. The number of hydrogen-bond donors (Lipinski definition) is 2. The van der Waals surface area contributed by atoms with E-state index in [1.54, 1.807) is 5.56 Å². The molecule has 2 bridgehead atoms. The standard InChI is InChI=1S/C19H25NO2/c21-18(22)7-5-13-4-6-14-12-17-15-3-1-2-8-19(15,9-10-20-17)16(14)11-13/h4,6,11,15,17,20H,1-3,5,7-10,12H2,(H,21,22)/t15-,17+,19+/m0/s1. The van der Waals surface area contributed by atoms with Crippen LogP contribution in [0.1, 0.15) is 55.2 Å². The van der Waals surface area contributed by atoms with Gasteiger partial charge in [-0.1, -0.05) is 31.0 Å². The summed E-state index contributed by atoms with van der Waals surface area (Å²) in [6.07, 6.45) is 8.71. The largest absolute Gasteiger partial charge is 0.481 e. The van der Waals surface area contributed by atoms with Crippen molar-refractivity contribution in [1.29, 1.82) is 0 Å². The molecule has 1 aromatic rings. The van der Waals surface area contributed by atoms with Gasteiger partial charge in [0.25, 0.3) is 0 Å². The highest BCUT2D eigenvalue weighted by molar-refractivity contribution is 5.67. The second-order valence-electron chi connectivity index (χ2n) is 7.41. The van der Waals surface area contributed by atoms with Gasteiger partial charge in [0.1, 0.15) is 0 Å². The minimum Gasteiger partial charge on any atom is -0.481 e. The molecule has 4 rings (SSSR count). The molecule has 3 aliphatic rings. The molecule has 0 radical (unpaired) electrons. The summed E-state index contributed by atoms with van der Waals surface area (Å²) in [6.45, 7) is 1.14. The molecule has 0 aromatic heterocycles. The third-order valence-electron chi connectivity index (χ3n) is 6.34. The first kappa shape index (κ1) is 14.3. The van der Waals surface area contributed by atoms with Crippen molar-refractivity contribution in [1.82, 2.24) is 5.32 Å². The second kappa shape index (κ2) is 5.38. The number of benzene rings is 1. The van der Waals surface area contributed by atoms with E-state index in [1.807, 2.05) is 0 Å². The van der Waals surface area contributed by atoms with E-state index >= 15 is 0 Å². The van der Waals surface area contributed by atoms with E-state index < -0.39 is 5.97 Å². The Morgan fingerprint density at radius 3 is 3.09 bits per heavy atom. The van der Waals surface area contributed by atoms with Crippen LogP contribution in [0.5, 0.6) is 0 Å². The number of carbonyl (C=O) groups is 1. The van der Waals surface area contributed by atoms with Crippen LogP contribution in [0.15, 0.2) is 18.2 Å². The molecule has 1 saturated carbocycles. The van der Waals surface area contributed by atoms with Crippen molar-refractivity contribution in [2.45, 2.75) is 62.8 Å². The van der Waals surface area contributed by atoms with E-state index in [1.165, 1.54) is 43.2 Å². The second-order valence-corrected chi connectivity index (χ2v) is 7.41. The molecule has 1 saturated heterocycles. The number of hydrogen-bond acceptors (Lipinski definition) is 2. The van der Waals surface area contributed by atoms with Crippen LogP contribution in [0, 0.1) is 5.92 Å². The number of fused-ring (bicyclic) bond motifs is 1. The SMILES string of the molecule is O=C(O)CCc1ccc2c(c1)[C@@]13CCCC[C@H]1[C@@H](C2)NCC3. The van der Waals surface area contributed by atoms with E-state index in [-0.39, 0.29) is 6.42 Å². The van der Waals surface area contributed by atoms with Crippen LogP contribution in [0.4, 0.5) is 0 Å². The number of aryl methyl sites for hydroxylation is 1. The highest BCUT2D eigenvalue weighted by Gasteiger charge is 2.51. The lowest BCUT2D eigenvalue weighted by molar-refractivity contribution is -0.136. The molecule has 3 heteroatoms. The fourth-order valence-electron chi connectivity index (χ4n) is 5.38. The number of aliphatic carboxylic acids is 1. The Hall–Kier alpha value is -1.35. The smallest absolute Gasteiger partial charge is 0.303 e. The average molecular weight is 299 g/mol. The number of nitrogens with one attached hydrogen (secondary N) is 1. The summed E-state index contributed by atoms with van der Waals surface area (Å²) in [5.41, 5.74) is 4.66. The molecular formula is C19H25NO2. The first-order valence-electron chi connectivity index (χ1n) is 8.76. The van der Waals surface area contributed by atoms with Gasteiger partial charge in [0.2, 0.25) is 0 Å². The molecule has 2 N–H and O–H groups in total. The van der Waals surface area contributed by atoms with Crippen LogP contribution < -0.4 is 5.32 Å². The quantitative estimate of drug-likeness (QED) is 0.902. The summed E-state index contributed by atoms with van der Waals surface area (Å²) >= 11 is 0. The van der Waals surface area contributed by atoms with Crippen LogP contribution in [0.3, 0.4) is 0 Å². The van der Waals surface area contributed by atoms with Crippen molar-refractivity contribution in [3.05, 3.63) is 34.9 Å². The molecular weight excluding hydrogens is 274 g/mol. The van der Waals surface area contributed by atoms with Gasteiger partial charge in [-0.05, 0) is 61.3 Å². The molecule has 1 aliphatic heterocycles. The maximum absolute atomic E-state index is 10.9. The highest BCUT2D eigenvalue weighted by Crippen LogP contribution is 2.53. The van der Waals surface area contributed by atoms with E-state index in [2.05, 4.69) is 23.5 Å². The van der Waals surface area contributed by atoms with Gasteiger partial charge in [0, 0.05) is 17.9 Å². The number of piperidine rings is 1. The lowest BCUT2D eigenvalue weighted by atomic mass is 9.52. The normalized spacial score (nSPS) is 32.9. The van der Waals surface area contributed by atoms with Gasteiger partial charge < -0.3 is 10.4 Å². The Morgan fingerprint density at radius 2 is 2.23 bits per heavy atom.